The van der Waals surface area contributed by atoms with Gasteiger partial charge in [0.2, 0.25) is 0 Å². The van der Waals surface area contributed by atoms with Gasteiger partial charge in [-0.15, -0.1) is 0 Å². The largest absolute Gasteiger partial charge is 0.296 e. The number of halogens is 1. The maximum Gasteiger partial charge on any atom is 0.182 e. The molecule has 2 aromatic heterocycles. The van der Waals surface area contributed by atoms with Crippen molar-refractivity contribution in [1.82, 2.24) is 9.38 Å². The molecule has 27 heavy (non-hydrogen) atoms. The molecule has 3 nitrogen and oxygen atoms in total. The summed E-state index contributed by atoms with van der Waals surface area (Å²) in [5.74, 6) is 1.13. The van der Waals surface area contributed by atoms with Crippen molar-refractivity contribution in [2.24, 2.45) is 5.92 Å². The van der Waals surface area contributed by atoms with Crippen LogP contribution in [0.4, 0.5) is 4.39 Å². The van der Waals surface area contributed by atoms with Crippen LogP contribution in [0.5, 0.6) is 0 Å². The van der Waals surface area contributed by atoms with Crippen LogP contribution in [0.1, 0.15) is 72.0 Å². The van der Waals surface area contributed by atoms with Gasteiger partial charge in [-0.25, -0.2) is 9.37 Å². The summed E-state index contributed by atoms with van der Waals surface area (Å²) in [7, 11) is 0. The van der Waals surface area contributed by atoms with E-state index in [0.717, 1.165) is 36.9 Å². The minimum Gasteiger partial charge on any atom is -0.296 e. The number of carbonyl (C=O) groups excluding carboxylic acids is 1. The van der Waals surface area contributed by atoms with Crippen LogP contribution in [-0.2, 0) is 0 Å². The Morgan fingerprint density at radius 3 is 2.33 bits per heavy atom. The van der Waals surface area contributed by atoms with Gasteiger partial charge in [0.05, 0.1) is 23.7 Å². The molecule has 4 heteroatoms. The predicted octanol–water partition coefficient (Wildman–Crippen LogP) is 5.51. The molecule has 0 saturated heterocycles. The molecule has 2 aliphatic rings. The second kappa shape index (κ2) is 6.59. The molecule has 0 aliphatic heterocycles. The highest BCUT2D eigenvalue weighted by molar-refractivity contribution is 5.98. The van der Waals surface area contributed by atoms with E-state index in [1.165, 1.54) is 36.1 Å². The van der Waals surface area contributed by atoms with Crippen molar-refractivity contribution in [1.29, 1.82) is 0 Å². The summed E-state index contributed by atoms with van der Waals surface area (Å²) in [6.07, 6.45) is 9.72. The Bertz CT molecular complexity index is 979. The molecule has 2 heterocycles. The molecule has 2 aliphatic carbocycles. The first kappa shape index (κ1) is 16.7. The fraction of sp³-hybridized carbons (Fsp3) is 0.391. The molecular weight excluding hydrogens is 339 g/mol. The highest BCUT2D eigenvalue weighted by Gasteiger charge is 2.34. The van der Waals surface area contributed by atoms with Crippen LogP contribution in [0.25, 0.3) is 5.52 Å². The van der Waals surface area contributed by atoms with E-state index in [9.17, 15) is 9.18 Å². The highest BCUT2D eigenvalue weighted by atomic mass is 19.1. The van der Waals surface area contributed by atoms with Gasteiger partial charge in [0.15, 0.2) is 5.78 Å². The number of fused-ring (bicyclic) bond motifs is 1. The third kappa shape index (κ3) is 3.07. The van der Waals surface area contributed by atoms with E-state index < -0.39 is 0 Å². The van der Waals surface area contributed by atoms with Crippen molar-refractivity contribution < 1.29 is 9.18 Å². The van der Waals surface area contributed by atoms with E-state index in [2.05, 4.69) is 17.1 Å². The number of rotatable bonds is 4. The van der Waals surface area contributed by atoms with Gasteiger partial charge in [0.1, 0.15) is 5.82 Å². The minimum absolute atomic E-state index is 0.0761. The van der Waals surface area contributed by atoms with Crippen LogP contribution in [0.15, 0.2) is 48.9 Å². The van der Waals surface area contributed by atoms with Gasteiger partial charge in [-0.1, -0.05) is 18.2 Å². The van der Waals surface area contributed by atoms with Gasteiger partial charge in [0, 0.05) is 5.92 Å². The summed E-state index contributed by atoms with van der Waals surface area (Å²) in [5, 5.41) is 0. The number of nitrogens with zero attached hydrogens (tertiary/aromatic N) is 2. The van der Waals surface area contributed by atoms with E-state index in [1.54, 1.807) is 6.33 Å². The Balaban J connectivity index is 1.38. The lowest BCUT2D eigenvalue weighted by molar-refractivity contribution is 0.0876. The monoisotopic (exact) mass is 362 g/mol. The minimum atomic E-state index is -0.191. The first-order valence-electron chi connectivity index (χ1n) is 9.95. The van der Waals surface area contributed by atoms with E-state index >= 15 is 0 Å². The molecule has 2 fully saturated rings. The number of aromatic nitrogens is 2. The Kier molecular flexibility index (Phi) is 4.07. The van der Waals surface area contributed by atoms with Crippen molar-refractivity contribution in [3.8, 4) is 0 Å². The zero-order valence-electron chi connectivity index (χ0n) is 15.3. The Morgan fingerprint density at radius 1 is 0.926 bits per heavy atom. The van der Waals surface area contributed by atoms with E-state index in [4.69, 9.17) is 0 Å². The van der Waals surface area contributed by atoms with Crippen LogP contribution in [0.2, 0.25) is 0 Å². The van der Waals surface area contributed by atoms with Crippen molar-refractivity contribution in [2.45, 2.75) is 50.4 Å². The third-order valence-electron chi connectivity index (χ3n) is 6.31. The number of carbonyl (C=O) groups is 1. The molecule has 0 spiro atoms. The van der Waals surface area contributed by atoms with Crippen LogP contribution in [0, 0.1) is 11.7 Å². The van der Waals surface area contributed by atoms with Crippen molar-refractivity contribution in [3.63, 3.8) is 0 Å². The third-order valence-corrected chi connectivity index (χ3v) is 6.31. The number of hydrogen-bond donors (Lipinski definition) is 0. The van der Waals surface area contributed by atoms with Crippen molar-refractivity contribution in [2.75, 3.05) is 0 Å². The average Bonchev–Trinajstić information content (AvgIpc) is 3.44. The summed E-state index contributed by atoms with van der Waals surface area (Å²) in [5.41, 5.74) is 4.24. The number of pyridine rings is 1. The lowest BCUT2D eigenvalue weighted by Gasteiger charge is -2.28. The molecular formula is C23H23FN2O. The molecule has 5 rings (SSSR count). The summed E-state index contributed by atoms with van der Waals surface area (Å²) in [4.78, 5) is 17.7. The number of Topliss-reactive ketones (excluding diaryl/α,β-unsaturated/α-hetero) is 1. The quantitative estimate of drug-likeness (QED) is 0.574. The molecule has 1 aromatic carbocycles. The van der Waals surface area contributed by atoms with Crippen LogP contribution < -0.4 is 0 Å². The van der Waals surface area contributed by atoms with Gasteiger partial charge in [0.25, 0.3) is 0 Å². The second-order valence-electron chi connectivity index (χ2n) is 8.06. The SMILES string of the molecule is O=C(c1c(C2CC2)ccc2cncn12)C1CCC(c2ccc(F)cc2)CC1. The summed E-state index contributed by atoms with van der Waals surface area (Å²) < 4.78 is 15.2. The number of imidazole rings is 1. The Labute approximate surface area is 158 Å². The maximum atomic E-state index is 13.5. The Hall–Kier alpha value is -2.49. The fourth-order valence-corrected chi connectivity index (χ4v) is 4.61. The number of benzene rings is 1. The molecule has 3 aromatic rings. The van der Waals surface area contributed by atoms with Gasteiger partial charge >= 0.3 is 0 Å². The zero-order chi connectivity index (χ0) is 18.4. The highest BCUT2D eigenvalue weighted by Crippen LogP contribution is 2.44. The van der Waals surface area contributed by atoms with E-state index in [-0.39, 0.29) is 17.5 Å². The van der Waals surface area contributed by atoms with Crippen LogP contribution in [0.3, 0.4) is 0 Å². The summed E-state index contributed by atoms with van der Waals surface area (Å²) in [6, 6.07) is 11.1. The van der Waals surface area contributed by atoms with Gasteiger partial charge in [-0.05, 0) is 79.7 Å². The predicted molar refractivity (Wildman–Crippen MR) is 103 cm³/mol. The van der Waals surface area contributed by atoms with Crippen LogP contribution >= 0.6 is 0 Å². The van der Waals surface area contributed by atoms with E-state index in [0.29, 0.717) is 11.8 Å². The standard InChI is InChI=1S/C23H23FN2O/c24-19-9-7-16(8-10-19)15-1-5-18(6-2-15)23(27)22-21(17-3-4-17)12-11-20-13-25-14-26(20)22/h7-15,17-18H,1-6H2. The Morgan fingerprint density at radius 2 is 1.63 bits per heavy atom. The smallest absolute Gasteiger partial charge is 0.182 e. The first-order chi connectivity index (χ1) is 13.2. The average molecular weight is 362 g/mol. The zero-order valence-corrected chi connectivity index (χ0v) is 15.3. The molecule has 0 radical (unpaired) electrons. The normalized spacial score (nSPS) is 22.9. The summed E-state index contributed by atoms with van der Waals surface area (Å²) >= 11 is 0. The van der Waals surface area contributed by atoms with Gasteiger partial charge in [-0.2, -0.15) is 0 Å². The molecule has 138 valence electrons. The number of hydrogen-bond acceptors (Lipinski definition) is 2. The lowest BCUT2D eigenvalue weighted by Crippen LogP contribution is -2.24. The number of ketones is 1. The molecule has 0 amide bonds. The lowest BCUT2D eigenvalue weighted by atomic mass is 9.76. The molecule has 0 unspecified atom stereocenters. The molecule has 0 atom stereocenters. The molecule has 0 bridgehead atoms. The first-order valence-corrected chi connectivity index (χ1v) is 9.95. The fourth-order valence-electron chi connectivity index (χ4n) is 4.61. The van der Waals surface area contributed by atoms with Crippen LogP contribution in [-0.4, -0.2) is 15.2 Å². The van der Waals surface area contributed by atoms with Crippen molar-refractivity contribution >= 4 is 11.3 Å². The molecule has 2 saturated carbocycles. The van der Waals surface area contributed by atoms with Gasteiger partial charge < -0.3 is 0 Å². The van der Waals surface area contributed by atoms with Crippen molar-refractivity contribution in [3.05, 3.63) is 71.6 Å². The van der Waals surface area contributed by atoms with E-state index in [1.807, 2.05) is 22.7 Å². The second-order valence-corrected chi connectivity index (χ2v) is 8.06. The molecule has 0 N–H and O–H groups in total. The van der Waals surface area contributed by atoms with Gasteiger partial charge in [-0.3, -0.25) is 9.20 Å². The topological polar surface area (TPSA) is 34.4 Å². The summed E-state index contributed by atoms with van der Waals surface area (Å²) in [6.45, 7) is 0. The maximum absolute atomic E-state index is 13.5.